The maximum atomic E-state index is 5.02. The van der Waals surface area contributed by atoms with Gasteiger partial charge in [0.2, 0.25) is 0 Å². The van der Waals surface area contributed by atoms with E-state index in [-0.39, 0.29) is 0 Å². The van der Waals surface area contributed by atoms with Gasteiger partial charge in [-0.3, -0.25) is 0 Å². The SMILES string of the molecule is c1cc(N2CCCc3cc4ncn(C5CC5)c4nc32)ncc1-n1cnnn1. The lowest BCUT2D eigenvalue weighted by Crippen LogP contribution is -2.26. The van der Waals surface area contributed by atoms with Crippen LogP contribution in [0.4, 0.5) is 11.6 Å². The molecule has 0 unspecified atom stereocenters. The molecule has 27 heavy (non-hydrogen) atoms. The highest BCUT2D eigenvalue weighted by Gasteiger charge is 2.28. The second-order valence-corrected chi connectivity index (χ2v) is 7.08. The van der Waals surface area contributed by atoms with Gasteiger partial charge in [0.1, 0.15) is 23.5 Å². The summed E-state index contributed by atoms with van der Waals surface area (Å²) in [5.74, 6) is 1.89. The number of pyridine rings is 2. The van der Waals surface area contributed by atoms with E-state index in [1.807, 2.05) is 18.5 Å². The van der Waals surface area contributed by atoms with Gasteiger partial charge in [0, 0.05) is 12.6 Å². The number of fused-ring (bicyclic) bond motifs is 2. The van der Waals surface area contributed by atoms with Crippen LogP contribution in [0.1, 0.15) is 30.9 Å². The summed E-state index contributed by atoms with van der Waals surface area (Å²) in [6.07, 6.45) is 9.80. The van der Waals surface area contributed by atoms with E-state index in [0.717, 1.165) is 47.9 Å². The predicted molar refractivity (Wildman–Crippen MR) is 98.1 cm³/mol. The van der Waals surface area contributed by atoms with Gasteiger partial charge in [0.05, 0.1) is 18.2 Å². The van der Waals surface area contributed by atoms with Crippen molar-refractivity contribution in [2.45, 2.75) is 31.7 Å². The number of nitrogens with zero attached hydrogens (tertiary/aromatic N) is 9. The molecular weight excluding hydrogens is 342 g/mol. The van der Waals surface area contributed by atoms with E-state index < -0.39 is 0 Å². The van der Waals surface area contributed by atoms with Crippen molar-refractivity contribution in [2.75, 3.05) is 11.4 Å². The average molecular weight is 359 g/mol. The molecule has 0 spiro atoms. The van der Waals surface area contributed by atoms with Crippen molar-refractivity contribution in [2.24, 2.45) is 0 Å². The molecule has 1 aliphatic heterocycles. The first-order valence-corrected chi connectivity index (χ1v) is 9.20. The summed E-state index contributed by atoms with van der Waals surface area (Å²) in [5, 5.41) is 11.2. The summed E-state index contributed by atoms with van der Waals surface area (Å²) in [5.41, 5.74) is 4.04. The Kier molecular flexibility index (Phi) is 3.05. The Hall–Kier alpha value is -3.36. The Labute approximate surface area is 154 Å². The van der Waals surface area contributed by atoms with Crippen molar-refractivity contribution >= 4 is 22.8 Å². The fraction of sp³-hybridized carbons (Fsp3) is 0.333. The third-order valence-corrected chi connectivity index (χ3v) is 5.25. The van der Waals surface area contributed by atoms with Gasteiger partial charge >= 0.3 is 0 Å². The van der Waals surface area contributed by atoms with E-state index in [4.69, 9.17) is 4.98 Å². The highest BCUT2D eigenvalue weighted by atomic mass is 15.5. The molecular formula is C18H17N9. The van der Waals surface area contributed by atoms with Crippen molar-refractivity contribution in [1.29, 1.82) is 0 Å². The molecule has 0 N–H and O–H groups in total. The van der Waals surface area contributed by atoms with Gasteiger partial charge in [-0.1, -0.05) is 0 Å². The number of hydrogen-bond acceptors (Lipinski definition) is 7. The van der Waals surface area contributed by atoms with Crippen molar-refractivity contribution < 1.29 is 0 Å². The first kappa shape index (κ1) is 14.8. The lowest BCUT2D eigenvalue weighted by Gasteiger charge is -2.29. The van der Waals surface area contributed by atoms with E-state index in [9.17, 15) is 0 Å². The Morgan fingerprint density at radius 2 is 2.04 bits per heavy atom. The predicted octanol–water partition coefficient (Wildman–Crippen LogP) is 2.22. The third kappa shape index (κ3) is 2.38. The highest BCUT2D eigenvalue weighted by Crippen LogP contribution is 2.38. The number of hydrogen-bond donors (Lipinski definition) is 0. The maximum absolute atomic E-state index is 5.02. The van der Waals surface area contributed by atoms with Crippen LogP contribution in [0.3, 0.4) is 0 Å². The average Bonchev–Trinajstić information content (AvgIpc) is 3.25. The van der Waals surface area contributed by atoms with E-state index in [1.54, 1.807) is 17.2 Å². The van der Waals surface area contributed by atoms with E-state index in [0.29, 0.717) is 6.04 Å². The van der Waals surface area contributed by atoms with Crippen molar-refractivity contribution in [1.82, 2.24) is 39.7 Å². The van der Waals surface area contributed by atoms with Crippen LogP contribution < -0.4 is 4.90 Å². The van der Waals surface area contributed by atoms with Gasteiger partial charge < -0.3 is 9.47 Å². The van der Waals surface area contributed by atoms with Gasteiger partial charge in [-0.25, -0.2) is 15.0 Å². The largest absolute Gasteiger partial charge is 0.312 e. The van der Waals surface area contributed by atoms with Gasteiger partial charge in [-0.05, 0) is 59.9 Å². The van der Waals surface area contributed by atoms with Crippen molar-refractivity contribution in [3.8, 4) is 5.69 Å². The lowest BCUT2D eigenvalue weighted by molar-refractivity contribution is 0.734. The summed E-state index contributed by atoms with van der Waals surface area (Å²) in [6, 6.07) is 6.72. The fourth-order valence-electron chi connectivity index (χ4n) is 3.73. The quantitative estimate of drug-likeness (QED) is 0.554. The molecule has 0 amide bonds. The van der Waals surface area contributed by atoms with E-state index >= 15 is 0 Å². The minimum absolute atomic E-state index is 0.561. The molecule has 2 aliphatic rings. The first-order valence-electron chi connectivity index (χ1n) is 9.20. The van der Waals surface area contributed by atoms with E-state index in [2.05, 4.69) is 41.0 Å². The van der Waals surface area contributed by atoms with Crippen LogP contribution in [0.15, 0.2) is 37.1 Å². The third-order valence-electron chi connectivity index (χ3n) is 5.25. The fourth-order valence-corrected chi connectivity index (χ4v) is 3.73. The second-order valence-electron chi connectivity index (χ2n) is 7.08. The maximum Gasteiger partial charge on any atom is 0.162 e. The molecule has 0 radical (unpaired) electrons. The number of anilines is 2. The Morgan fingerprint density at radius 1 is 1.07 bits per heavy atom. The molecule has 1 saturated carbocycles. The summed E-state index contributed by atoms with van der Waals surface area (Å²) in [4.78, 5) is 16.4. The zero-order valence-corrected chi connectivity index (χ0v) is 14.6. The molecule has 4 aromatic rings. The zero-order chi connectivity index (χ0) is 17.8. The summed E-state index contributed by atoms with van der Waals surface area (Å²) < 4.78 is 3.81. The topological polar surface area (TPSA) is 90.4 Å². The molecule has 134 valence electrons. The summed E-state index contributed by atoms with van der Waals surface area (Å²) >= 11 is 0. The van der Waals surface area contributed by atoms with Crippen LogP contribution in [0.5, 0.6) is 0 Å². The Morgan fingerprint density at radius 3 is 2.81 bits per heavy atom. The number of tetrazole rings is 1. The van der Waals surface area contributed by atoms with Gasteiger partial charge in [-0.15, -0.1) is 5.10 Å². The molecule has 1 fully saturated rings. The molecule has 9 nitrogen and oxygen atoms in total. The minimum Gasteiger partial charge on any atom is -0.312 e. The van der Waals surface area contributed by atoms with Crippen LogP contribution in [-0.2, 0) is 6.42 Å². The standard InChI is InChI=1S/C18H17N9/c1-2-12-8-15-18(26(10-20-15)13-3-4-13)22-17(12)25(7-1)16-6-5-14(9-19-16)27-11-21-23-24-27/h5-6,8-11,13H,1-4,7H2. The minimum atomic E-state index is 0.561. The molecule has 9 heteroatoms. The number of aryl methyl sites for hydroxylation is 1. The summed E-state index contributed by atoms with van der Waals surface area (Å²) in [7, 11) is 0. The Bertz CT molecular complexity index is 1110. The van der Waals surface area contributed by atoms with Crippen LogP contribution in [0.25, 0.3) is 16.9 Å². The second kappa shape index (κ2) is 5.57. The highest BCUT2D eigenvalue weighted by molar-refractivity contribution is 5.78. The number of aromatic nitrogens is 8. The van der Waals surface area contributed by atoms with Gasteiger partial charge in [0.25, 0.3) is 0 Å². The molecule has 5 heterocycles. The zero-order valence-electron chi connectivity index (χ0n) is 14.6. The molecule has 1 aliphatic carbocycles. The number of imidazole rings is 1. The molecule has 6 rings (SSSR count). The van der Waals surface area contributed by atoms with E-state index in [1.165, 1.54) is 18.4 Å². The lowest BCUT2D eigenvalue weighted by atomic mass is 10.1. The summed E-state index contributed by atoms with van der Waals surface area (Å²) in [6.45, 7) is 0.903. The first-order chi connectivity index (χ1) is 13.4. The molecule has 0 atom stereocenters. The van der Waals surface area contributed by atoms with Gasteiger partial charge in [-0.2, -0.15) is 4.68 Å². The molecule has 0 saturated heterocycles. The van der Waals surface area contributed by atoms with Crippen LogP contribution in [0.2, 0.25) is 0 Å². The van der Waals surface area contributed by atoms with Crippen molar-refractivity contribution in [3.63, 3.8) is 0 Å². The van der Waals surface area contributed by atoms with Crippen LogP contribution >= 0.6 is 0 Å². The number of rotatable bonds is 3. The van der Waals surface area contributed by atoms with Crippen molar-refractivity contribution in [3.05, 3.63) is 42.6 Å². The van der Waals surface area contributed by atoms with Crippen LogP contribution in [-0.4, -0.2) is 46.3 Å². The molecule has 0 bridgehead atoms. The Balaban J connectivity index is 1.42. The smallest absolute Gasteiger partial charge is 0.162 e. The molecule has 0 aromatic carbocycles. The molecule has 4 aromatic heterocycles. The van der Waals surface area contributed by atoms with Gasteiger partial charge in [0.15, 0.2) is 5.65 Å². The normalized spacial score (nSPS) is 16.7. The van der Waals surface area contributed by atoms with Crippen LogP contribution in [0, 0.1) is 0 Å². The monoisotopic (exact) mass is 359 g/mol.